The van der Waals surface area contributed by atoms with Crippen molar-refractivity contribution >= 4 is 0 Å². The molecule has 5 heteroatoms. The van der Waals surface area contributed by atoms with E-state index in [0.29, 0.717) is 17.9 Å². The number of likely N-dealkylation sites (tertiary alicyclic amines) is 1. The van der Waals surface area contributed by atoms with Gasteiger partial charge in [0.25, 0.3) is 5.89 Å². The molecule has 3 heterocycles. The molecule has 1 aromatic heterocycles. The minimum Gasteiger partial charge on any atom is -0.381 e. The van der Waals surface area contributed by atoms with Crippen molar-refractivity contribution < 1.29 is 9.26 Å². The van der Waals surface area contributed by atoms with E-state index in [1.165, 1.54) is 25.8 Å². The molecular weight excluding hydrogens is 314 g/mol. The van der Waals surface area contributed by atoms with Gasteiger partial charge in [-0.25, -0.2) is 0 Å². The van der Waals surface area contributed by atoms with E-state index in [1.807, 2.05) is 30.3 Å². The van der Waals surface area contributed by atoms with Crippen molar-refractivity contribution in [1.82, 2.24) is 15.0 Å². The van der Waals surface area contributed by atoms with Gasteiger partial charge in [0.2, 0.25) is 0 Å². The van der Waals surface area contributed by atoms with Gasteiger partial charge in [-0.3, -0.25) is 4.90 Å². The van der Waals surface area contributed by atoms with Gasteiger partial charge >= 0.3 is 0 Å². The quantitative estimate of drug-likeness (QED) is 0.859. The zero-order chi connectivity index (χ0) is 16.7. The summed E-state index contributed by atoms with van der Waals surface area (Å²) in [5.41, 5.74) is 1.10. The van der Waals surface area contributed by atoms with Crippen LogP contribution in [0.5, 0.6) is 0 Å². The van der Waals surface area contributed by atoms with Crippen LogP contribution in [0.2, 0.25) is 0 Å². The number of benzene rings is 1. The molecule has 0 bridgehead atoms. The van der Waals surface area contributed by atoms with Crippen molar-refractivity contribution in [2.75, 3.05) is 26.3 Å². The summed E-state index contributed by atoms with van der Waals surface area (Å²) >= 11 is 0. The van der Waals surface area contributed by atoms with Crippen LogP contribution in [0, 0.1) is 5.92 Å². The standard InChI is InChI=1S/C20H25N3O2/c1-2-5-15(6-3-1)18-21-19(22-25-18)20-10-4-7-16(20)13-23(14-20)17-8-11-24-12-9-17/h1-3,5-6,16-17H,4,7-14H2/t16-,20-/m1/s1. The summed E-state index contributed by atoms with van der Waals surface area (Å²) in [6, 6.07) is 10.8. The van der Waals surface area contributed by atoms with Crippen LogP contribution in [-0.4, -0.2) is 47.4 Å². The fourth-order valence-electron chi connectivity index (χ4n) is 5.15. The molecule has 2 aromatic rings. The van der Waals surface area contributed by atoms with Gasteiger partial charge < -0.3 is 9.26 Å². The lowest BCUT2D eigenvalue weighted by Gasteiger charge is -2.32. The Bertz CT molecular complexity index is 726. The molecule has 0 spiro atoms. The van der Waals surface area contributed by atoms with Crippen molar-refractivity contribution in [2.45, 2.75) is 43.6 Å². The van der Waals surface area contributed by atoms with Gasteiger partial charge in [0.15, 0.2) is 5.82 Å². The van der Waals surface area contributed by atoms with Crippen molar-refractivity contribution in [3.8, 4) is 11.5 Å². The van der Waals surface area contributed by atoms with E-state index in [4.69, 9.17) is 14.2 Å². The molecule has 3 aliphatic rings. The lowest BCUT2D eigenvalue weighted by Crippen LogP contribution is -2.40. The second kappa shape index (κ2) is 6.22. The van der Waals surface area contributed by atoms with E-state index in [0.717, 1.165) is 44.0 Å². The molecule has 3 fully saturated rings. The third kappa shape index (κ3) is 2.61. The Labute approximate surface area is 148 Å². The van der Waals surface area contributed by atoms with Crippen LogP contribution < -0.4 is 0 Å². The molecule has 25 heavy (non-hydrogen) atoms. The molecule has 0 N–H and O–H groups in total. The highest BCUT2D eigenvalue weighted by atomic mass is 16.5. The van der Waals surface area contributed by atoms with Crippen LogP contribution in [0.15, 0.2) is 34.9 Å². The van der Waals surface area contributed by atoms with E-state index in [9.17, 15) is 0 Å². The van der Waals surface area contributed by atoms with Crippen LogP contribution in [0.3, 0.4) is 0 Å². The Balaban J connectivity index is 1.42. The molecule has 2 aliphatic heterocycles. The Morgan fingerprint density at radius 2 is 1.92 bits per heavy atom. The van der Waals surface area contributed by atoms with Crippen LogP contribution in [0.4, 0.5) is 0 Å². The summed E-state index contributed by atoms with van der Waals surface area (Å²) in [5, 5.41) is 4.45. The molecule has 2 atom stereocenters. The van der Waals surface area contributed by atoms with Crippen molar-refractivity contribution in [3.05, 3.63) is 36.2 Å². The summed E-state index contributed by atoms with van der Waals surface area (Å²) in [7, 11) is 0. The van der Waals surface area contributed by atoms with Crippen molar-refractivity contribution in [1.29, 1.82) is 0 Å². The fourth-order valence-corrected chi connectivity index (χ4v) is 5.15. The maximum Gasteiger partial charge on any atom is 0.257 e. The first-order chi connectivity index (χ1) is 12.4. The Morgan fingerprint density at radius 3 is 2.76 bits per heavy atom. The van der Waals surface area contributed by atoms with E-state index in [2.05, 4.69) is 10.1 Å². The van der Waals surface area contributed by atoms with Gasteiger partial charge in [-0.1, -0.05) is 29.8 Å². The molecule has 5 rings (SSSR count). The summed E-state index contributed by atoms with van der Waals surface area (Å²) < 4.78 is 11.2. The molecular formula is C20H25N3O2. The van der Waals surface area contributed by atoms with E-state index >= 15 is 0 Å². The lowest BCUT2D eigenvalue weighted by molar-refractivity contribution is 0.0389. The number of nitrogens with zero attached hydrogens (tertiary/aromatic N) is 3. The number of hydrogen-bond donors (Lipinski definition) is 0. The van der Waals surface area contributed by atoms with E-state index in [1.54, 1.807) is 0 Å². The van der Waals surface area contributed by atoms with Crippen LogP contribution in [0.25, 0.3) is 11.5 Å². The van der Waals surface area contributed by atoms with Gasteiger partial charge in [0, 0.05) is 37.9 Å². The maximum atomic E-state index is 5.65. The second-order valence-electron chi connectivity index (χ2n) is 7.81. The fraction of sp³-hybridized carbons (Fsp3) is 0.600. The summed E-state index contributed by atoms with van der Waals surface area (Å²) in [6.45, 7) is 4.06. The van der Waals surface area contributed by atoms with Crippen LogP contribution >= 0.6 is 0 Å². The average Bonchev–Trinajstić information content (AvgIpc) is 3.37. The highest BCUT2D eigenvalue weighted by molar-refractivity contribution is 5.52. The predicted octanol–water partition coefficient (Wildman–Crippen LogP) is 3.27. The molecule has 0 amide bonds. The number of fused-ring (bicyclic) bond motifs is 1. The number of aromatic nitrogens is 2. The smallest absolute Gasteiger partial charge is 0.257 e. The third-order valence-electron chi connectivity index (χ3n) is 6.50. The average molecular weight is 339 g/mol. The molecule has 132 valence electrons. The first-order valence-corrected chi connectivity index (χ1v) is 9.56. The van der Waals surface area contributed by atoms with E-state index < -0.39 is 0 Å². The predicted molar refractivity (Wildman–Crippen MR) is 94.2 cm³/mol. The molecule has 0 unspecified atom stereocenters. The van der Waals surface area contributed by atoms with Gasteiger partial charge in [-0.15, -0.1) is 0 Å². The molecule has 0 radical (unpaired) electrons. The Morgan fingerprint density at radius 1 is 1.08 bits per heavy atom. The highest BCUT2D eigenvalue weighted by Crippen LogP contribution is 2.50. The minimum atomic E-state index is 0.0921. The first kappa shape index (κ1) is 15.5. The molecule has 5 nitrogen and oxygen atoms in total. The first-order valence-electron chi connectivity index (χ1n) is 9.56. The maximum absolute atomic E-state index is 5.65. The van der Waals surface area contributed by atoms with Crippen molar-refractivity contribution in [2.24, 2.45) is 5.92 Å². The topological polar surface area (TPSA) is 51.4 Å². The molecule has 1 aromatic carbocycles. The zero-order valence-corrected chi connectivity index (χ0v) is 14.6. The number of hydrogen-bond acceptors (Lipinski definition) is 5. The highest BCUT2D eigenvalue weighted by Gasteiger charge is 2.54. The zero-order valence-electron chi connectivity index (χ0n) is 14.6. The Hall–Kier alpha value is -1.72. The molecule has 1 saturated carbocycles. The van der Waals surface area contributed by atoms with E-state index in [-0.39, 0.29) is 5.41 Å². The van der Waals surface area contributed by atoms with Gasteiger partial charge in [-0.2, -0.15) is 4.98 Å². The summed E-state index contributed by atoms with van der Waals surface area (Å²) in [5.74, 6) is 2.25. The molecule has 1 aliphatic carbocycles. The third-order valence-corrected chi connectivity index (χ3v) is 6.50. The van der Waals surface area contributed by atoms with Crippen molar-refractivity contribution in [3.63, 3.8) is 0 Å². The molecule has 2 saturated heterocycles. The van der Waals surface area contributed by atoms with Crippen LogP contribution in [0.1, 0.15) is 37.9 Å². The lowest BCUT2D eigenvalue weighted by atomic mass is 9.80. The largest absolute Gasteiger partial charge is 0.381 e. The number of ether oxygens (including phenoxy) is 1. The Kier molecular flexibility index (Phi) is 3.86. The summed E-state index contributed by atoms with van der Waals surface area (Å²) in [4.78, 5) is 7.53. The minimum absolute atomic E-state index is 0.0921. The van der Waals surface area contributed by atoms with Gasteiger partial charge in [-0.05, 0) is 43.7 Å². The summed E-state index contributed by atoms with van der Waals surface area (Å²) in [6.07, 6.45) is 6.07. The van der Waals surface area contributed by atoms with Gasteiger partial charge in [0.05, 0.1) is 5.41 Å². The SMILES string of the molecule is c1ccc(-c2nc([C@@]34CCC[C@@H]3CN(C3CCOCC3)C4)no2)cc1. The monoisotopic (exact) mass is 339 g/mol. The normalized spacial score (nSPS) is 30.6. The van der Waals surface area contributed by atoms with Gasteiger partial charge in [0.1, 0.15) is 0 Å². The second-order valence-corrected chi connectivity index (χ2v) is 7.81. The van der Waals surface area contributed by atoms with Crippen LogP contribution in [-0.2, 0) is 10.2 Å². The number of rotatable bonds is 3.